The molecule has 0 spiro atoms. The minimum absolute atomic E-state index is 0.138. The van der Waals surface area contributed by atoms with Crippen LogP contribution >= 0.6 is 15.9 Å². The van der Waals surface area contributed by atoms with Gasteiger partial charge in [0, 0.05) is 17.5 Å². The van der Waals surface area contributed by atoms with Crippen molar-refractivity contribution < 1.29 is 22.6 Å². The Balaban J connectivity index is 2.84. The van der Waals surface area contributed by atoms with Crippen LogP contribution in [0.4, 0.5) is 0 Å². The topological polar surface area (TPSA) is 61.8 Å². The molecule has 0 bridgehead atoms. The summed E-state index contributed by atoms with van der Waals surface area (Å²) in [5, 5.41) is 0. The zero-order valence-electron chi connectivity index (χ0n) is 22.8. The lowest BCUT2D eigenvalue weighted by Crippen LogP contribution is -2.39. The first kappa shape index (κ1) is 32.5. The molecule has 0 aromatic heterocycles. The molecule has 1 aromatic carbocycles. The number of benzene rings is 1. The molecule has 1 unspecified atom stereocenters. The normalized spacial score (nSPS) is 16.2. The van der Waals surface area contributed by atoms with E-state index in [1.165, 1.54) is 11.1 Å². The largest absolute Gasteiger partial charge is 0.375 e. The number of hydrogen-bond acceptors (Lipinski definition) is 5. The molecule has 4 atom stereocenters. The minimum Gasteiger partial charge on any atom is -0.375 e. The highest BCUT2D eigenvalue weighted by atomic mass is 79.9. The maximum absolute atomic E-state index is 13.1. The summed E-state index contributed by atoms with van der Waals surface area (Å²) in [6.07, 6.45) is 9.11. The van der Waals surface area contributed by atoms with Gasteiger partial charge in [0.25, 0.3) is 0 Å². The highest BCUT2D eigenvalue weighted by Gasteiger charge is 2.32. The van der Waals surface area contributed by atoms with Gasteiger partial charge in [-0.05, 0) is 71.7 Å². The van der Waals surface area contributed by atoms with Gasteiger partial charge in [0.1, 0.15) is 6.10 Å². The van der Waals surface area contributed by atoms with Gasteiger partial charge in [-0.1, -0.05) is 63.9 Å². The maximum atomic E-state index is 13.1. The number of allylic oxidation sites excluding steroid dienone is 3. The van der Waals surface area contributed by atoms with Gasteiger partial charge in [0.05, 0.1) is 24.2 Å². The van der Waals surface area contributed by atoms with Crippen molar-refractivity contribution in [2.24, 2.45) is 5.92 Å². The Morgan fingerprint density at radius 1 is 1.06 bits per heavy atom. The molecule has 0 aliphatic rings. The van der Waals surface area contributed by atoms with Crippen molar-refractivity contribution in [3.8, 4) is 0 Å². The zero-order valence-corrected chi connectivity index (χ0v) is 25.2. The van der Waals surface area contributed by atoms with Crippen molar-refractivity contribution in [2.45, 2.75) is 76.9 Å². The Hall–Kier alpha value is -1.51. The van der Waals surface area contributed by atoms with Crippen LogP contribution in [-0.2, 0) is 24.0 Å². The van der Waals surface area contributed by atoms with E-state index in [1.807, 2.05) is 19.9 Å². The molecule has 1 aromatic rings. The van der Waals surface area contributed by atoms with Gasteiger partial charge < -0.3 is 14.2 Å². The van der Waals surface area contributed by atoms with Crippen molar-refractivity contribution in [2.75, 3.05) is 20.3 Å². The molecule has 0 N–H and O–H groups in total. The van der Waals surface area contributed by atoms with E-state index in [0.717, 1.165) is 22.9 Å². The smallest absolute Gasteiger partial charge is 0.204 e. The molecule has 1 rings (SSSR count). The number of sulfone groups is 1. The predicted molar refractivity (Wildman–Crippen MR) is 153 cm³/mol. The number of halogens is 1. The Morgan fingerprint density at radius 2 is 1.69 bits per heavy atom. The van der Waals surface area contributed by atoms with Crippen LogP contribution in [0.1, 0.15) is 54.4 Å². The molecular weight excluding hydrogens is 540 g/mol. The van der Waals surface area contributed by atoms with E-state index in [4.69, 9.17) is 14.2 Å². The molecule has 202 valence electrons. The number of methoxy groups -OCH3 is 1. The fourth-order valence-electron chi connectivity index (χ4n) is 3.68. The molecule has 0 heterocycles. The summed E-state index contributed by atoms with van der Waals surface area (Å²) >= 11 is 3.34. The Kier molecular flexibility index (Phi) is 14.8. The third-order valence-electron chi connectivity index (χ3n) is 5.79. The summed E-state index contributed by atoms with van der Waals surface area (Å²) in [4.78, 5) is 0.210. The van der Waals surface area contributed by atoms with Gasteiger partial charge in [-0.15, -0.1) is 6.58 Å². The number of ether oxygens (including phenoxy) is 3. The van der Waals surface area contributed by atoms with E-state index in [2.05, 4.69) is 55.4 Å². The van der Waals surface area contributed by atoms with Crippen LogP contribution in [0.3, 0.4) is 0 Å². The van der Waals surface area contributed by atoms with Crippen LogP contribution in [0.5, 0.6) is 0 Å². The fraction of sp³-hybridized carbons (Fsp3) is 0.517. The monoisotopic (exact) mass is 582 g/mol. The SMILES string of the molecule is C=C[C@H](OC)[C@@H](OC(C)S(=O)(=O)c1ccc(Br)cc1)[C@H](C)/C=C(/C)COC/C=C(\C)CCC=C(C)C. The van der Waals surface area contributed by atoms with Crippen LogP contribution in [0.25, 0.3) is 0 Å². The van der Waals surface area contributed by atoms with Crippen LogP contribution < -0.4 is 0 Å². The minimum atomic E-state index is -3.69. The summed E-state index contributed by atoms with van der Waals surface area (Å²) < 4.78 is 44.5. The zero-order chi connectivity index (χ0) is 27.3. The average molecular weight is 584 g/mol. The molecule has 0 fully saturated rings. The van der Waals surface area contributed by atoms with Crippen molar-refractivity contribution >= 4 is 25.8 Å². The van der Waals surface area contributed by atoms with Gasteiger partial charge in [0.15, 0.2) is 5.44 Å². The third kappa shape index (κ3) is 11.3. The lowest BCUT2D eigenvalue weighted by Gasteiger charge is -2.30. The highest BCUT2D eigenvalue weighted by molar-refractivity contribution is 9.10. The molecule has 36 heavy (non-hydrogen) atoms. The molecule has 0 saturated carbocycles. The Bertz CT molecular complexity index is 1000. The van der Waals surface area contributed by atoms with Gasteiger partial charge in [-0.25, -0.2) is 8.42 Å². The van der Waals surface area contributed by atoms with Crippen LogP contribution in [0, 0.1) is 5.92 Å². The second kappa shape index (κ2) is 16.4. The average Bonchev–Trinajstić information content (AvgIpc) is 2.81. The molecule has 7 heteroatoms. The quantitative estimate of drug-likeness (QED) is 0.150. The first-order valence-corrected chi connectivity index (χ1v) is 14.6. The first-order valence-electron chi connectivity index (χ1n) is 12.3. The number of rotatable bonds is 16. The van der Waals surface area contributed by atoms with Gasteiger partial charge in [0.2, 0.25) is 9.84 Å². The van der Waals surface area contributed by atoms with E-state index < -0.39 is 27.5 Å². The summed E-state index contributed by atoms with van der Waals surface area (Å²) in [7, 11) is -2.12. The highest BCUT2D eigenvalue weighted by Crippen LogP contribution is 2.25. The van der Waals surface area contributed by atoms with Gasteiger partial charge >= 0.3 is 0 Å². The van der Waals surface area contributed by atoms with E-state index in [0.29, 0.717) is 13.2 Å². The third-order valence-corrected chi connectivity index (χ3v) is 8.24. The molecule has 0 radical (unpaired) electrons. The Morgan fingerprint density at radius 3 is 2.25 bits per heavy atom. The maximum Gasteiger partial charge on any atom is 0.204 e. The van der Waals surface area contributed by atoms with Crippen molar-refractivity contribution in [1.29, 1.82) is 0 Å². The molecule has 5 nitrogen and oxygen atoms in total. The summed E-state index contributed by atoms with van der Waals surface area (Å²) in [5.41, 5.74) is 2.62. The van der Waals surface area contributed by atoms with Crippen molar-refractivity contribution in [1.82, 2.24) is 0 Å². The second-order valence-corrected chi connectivity index (χ2v) is 12.5. The van der Waals surface area contributed by atoms with E-state index >= 15 is 0 Å². The van der Waals surface area contributed by atoms with Crippen molar-refractivity contribution in [3.05, 3.63) is 76.3 Å². The van der Waals surface area contributed by atoms with E-state index in [-0.39, 0.29) is 10.8 Å². The van der Waals surface area contributed by atoms with Gasteiger partial charge in [-0.2, -0.15) is 0 Å². The molecular formula is C29H43BrO5S. The summed E-state index contributed by atoms with van der Waals surface area (Å²) in [5.74, 6) is -0.138. The van der Waals surface area contributed by atoms with Crippen LogP contribution in [-0.4, -0.2) is 46.4 Å². The molecule has 0 aliphatic heterocycles. The number of hydrogen-bond donors (Lipinski definition) is 0. The van der Waals surface area contributed by atoms with Crippen molar-refractivity contribution in [3.63, 3.8) is 0 Å². The predicted octanol–water partition coefficient (Wildman–Crippen LogP) is 7.45. The Labute approximate surface area is 227 Å². The van der Waals surface area contributed by atoms with E-state index in [9.17, 15) is 8.42 Å². The van der Waals surface area contributed by atoms with E-state index in [1.54, 1.807) is 44.4 Å². The van der Waals surface area contributed by atoms with Gasteiger partial charge in [-0.3, -0.25) is 0 Å². The first-order chi connectivity index (χ1) is 16.9. The van der Waals surface area contributed by atoms with Crippen LogP contribution in [0.2, 0.25) is 0 Å². The lowest BCUT2D eigenvalue weighted by atomic mass is 9.97. The second-order valence-electron chi connectivity index (χ2n) is 9.36. The molecule has 0 aliphatic carbocycles. The summed E-state index contributed by atoms with van der Waals surface area (Å²) in [6.45, 7) is 16.8. The fourth-order valence-corrected chi connectivity index (χ4v) is 5.12. The molecule has 0 saturated heterocycles. The lowest BCUT2D eigenvalue weighted by molar-refractivity contribution is -0.0608. The van der Waals surface area contributed by atoms with Crippen LogP contribution in [0.15, 0.2) is 81.2 Å². The standard InChI is InChI=1S/C29H43BrO5S/c1-9-28(33-8)29(35-25(7)36(31,32)27-15-13-26(30)14-16-27)24(6)19-23(5)20-34-18-17-22(4)12-10-11-21(2)3/h9,11,13-17,19,24-25,28-29H,1,10,12,18,20H2,2-8H3/b22-17+,23-19-/t24-,25?,28+,29+/m1/s1. The molecule has 0 amide bonds. The summed E-state index contributed by atoms with van der Waals surface area (Å²) in [6, 6.07) is 6.54.